The molecule has 6 heteroatoms. The van der Waals surface area contributed by atoms with Gasteiger partial charge >= 0.3 is 0 Å². The fourth-order valence-corrected chi connectivity index (χ4v) is 2.40. The van der Waals surface area contributed by atoms with E-state index in [0.29, 0.717) is 12.3 Å². The Morgan fingerprint density at radius 2 is 1.95 bits per heavy atom. The van der Waals surface area contributed by atoms with E-state index in [1.54, 1.807) is 0 Å². The Morgan fingerprint density at radius 1 is 1.20 bits per heavy atom. The van der Waals surface area contributed by atoms with Crippen LogP contribution in [0.2, 0.25) is 5.02 Å². The second-order valence-electron chi connectivity index (χ2n) is 4.93. The summed E-state index contributed by atoms with van der Waals surface area (Å²) in [6.45, 7) is 4.82. The molecule has 2 heterocycles. The lowest BCUT2D eigenvalue weighted by Gasteiger charge is -2.25. The fraction of sp³-hybridized carbons (Fsp3) is 0.429. The highest BCUT2D eigenvalue weighted by Gasteiger charge is 2.14. The molecule has 0 amide bonds. The van der Waals surface area contributed by atoms with E-state index >= 15 is 0 Å². The predicted molar refractivity (Wildman–Crippen MR) is 76.7 cm³/mol. The Labute approximate surface area is 122 Å². The van der Waals surface area contributed by atoms with Crippen LogP contribution < -0.4 is 5.32 Å². The minimum Gasteiger partial charge on any atom is -0.338 e. The average Bonchev–Trinajstić information content (AvgIpc) is 2.90. The van der Waals surface area contributed by atoms with E-state index in [-0.39, 0.29) is 0 Å². The topological polar surface area (TPSA) is 54.2 Å². The van der Waals surface area contributed by atoms with Gasteiger partial charge < -0.3 is 9.84 Å². The number of hydrogen-bond donors (Lipinski definition) is 1. The third-order valence-corrected chi connectivity index (χ3v) is 3.61. The minimum atomic E-state index is 0.669. The van der Waals surface area contributed by atoms with Crippen molar-refractivity contribution in [1.82, 2.24) is 20.4 Å². The summed E-state index contributed by atoms with van der Waals surface area (Å²) in [5.74, 6) is 1.41. The first-order valence-corrected chi connectivity index (χ1v) is 7.16. The maximum absolute atomic E-state index is 5.87. The van der Waals surface area contributed by atoms with Crippen LogP contribution in [-0.4, -0.2) is 41.2 Å². The van der Waals surface area contributed by atoms with Gasteiger partial charge in [-0.05, 0) is 17.7 Å². The Balaban J connectivity index is 1.60. The lowest BCUT2D eigenvalue weighted by molar-refractivity contribution is 0.203. The molecule has 1 saturated heterocycles. The van der Waals surface area contributed by atoms with E-state index in [9.17, 15) is 0 Å². The van der Waals surface area contributed by atoms with Crippen molar-refractivity contribution in [1.29, 1.82) is 0 Å². The highest BCUT2D eigenvalue weighted by Crippen LogP contribution is 2.12. The van der Waals surface area contributed by atoms with Crippen LogP contribution in [0.1, 0.15) is 17.3 Å². The van der Waals surface area contributed by atoms with Gasteiger partial charge in [0.05, 0.1) is 6.54 Å². The van der Waals surface area contributed by atoms with Gasteiger partial charge in [0.2, 0.25) is 5.89 Å². The summed E-state index contributed by atoms with van der Waals surface area (Å²) in [4.78, 5) is 6.76. The van der Waals surface area contributed by atoms with Crippen LogP contribution in [0.3, 0.4) is 0 Å². The minimum absolute atomic E-state index is 0.669. The summed E-state index contributed by atoms with van der Waals surface area (Å²) in [5, 5.41) is 8.10. The molecular formula is C14H17ClN4O. The predicted octanol–water partition coefficient (Wildman–Crippen LogP) is 1.72. The second kappa shape index (κ2) is 6.35. The first kappa shape index (κ1) is 13.5. The monoisotopic (exact) mass is 292 g/mol. The zero-order valence-electron chi connectivity index (χ0n) is 11.2. The molecule has 20 heavy (non-hydrogen) atoms. The maximum Gasteiger partial charge on any atom is 0.240 e. The molecule has 1 fully saturated rings. The van der Waals surface area contributed by atoms with Crippen molar-refractivity contribution in [2.24, 2.45) is 0 Å². The number of nitrogens with zero attached hydrogens (tertiary/aromatic N) is 3. The van der Waals surface area contributed by atoms with Crippen LogP contribution in [0.4, 0.5) is 0 Å². The molecule has 2 aromatic rings. The first-order chi connectivity index (χ1) is 9.79. The third kappa shape index (κ3) is 3.56. The summed E-state index contributed by atoms with van der Waals surface area (Å²) in [6.07, 6.45) is 0.669. The Bertz CT molecular complexity index is 549. The number of rotatable bonds is 4. The molecule has 0 saturated carbocycles. The zero-order valence-corrected chi connectivity index (χ0v) is 11.9. The van der Waals surface area contributed by atoms with Gasteiger partial charge in [0.25, 0.3) is 0 Å². The van der Waals surface area contributed by atoms with Gasteiger partial charge in [0, 0.05) is 37.6 Å². The second-order valence-corrected chi connectivity index (χ2v) is 5.37. The van der Waals surface area contributed by atoms with E-state index in [2.05, 4.69) is 20.4 Å². The van der Waals surface area contributed by atoms with Gasteiger partial charge in [-0.1, -0.05) is 28.9 Å². The molecule has 1 aliphatic rings. The Kier molecular flexibility index (Phi) is 4.30. The molecule has 0 atom stereocenters. The number of benzene rings is 1. The van der Waals surface area contributed by atoms with E-state index in [1.807, 2.05) is 24.3 Å². The highest BCUT2D eigenvalue weighted by molar-refractivity contribution is 6.30. The quantitative estimate of drug-likeness (QED) is 0.930. The van der Waals surface area contributed by atoms with E-state index < -0.39 is 0 Å². The summed E-state index contributed by atoms with van der Waals surface area (Å²) in [7, 11) is 0. The number of halogens is 1. The number of nitrogens with one attached hydrogen (secondary N) is 1. The van der Waals surface area contributed by atoms with Gasteiger partial charge in [-0.3, -0.25) is 4.90 Å². The number of piperazine rings is 1. The molecule has 1 aliphatic heterocycles. The standard InChI is InChI=1S/C14H17ClN4O/c15-12-3-1-11(2-4-12)9-13-17-14(20-18-13)10-19-7-5-16-6-8-19/h1-4,16H,5-10H2. The fourth-order valence-electron chi connectivity index (χ4n) is 2.27. The molecule has 0 radical (unpaired) electrons. The summed E-state index contributed by atoms with van der Waals surface area (Å²) < 4.78 is 5.31. The first-order valence-electron chi connectivity index (χ1n) is 6.78. The van der Waals surface area contributed by atoms with E-state index in [1.165, 1.54) is 0 Å². The Morgan fingerprint density at radius 3 is 2.70 bits per heavy atom. The van der Waals surface area contributed by atoms with Crippen LogP contribution in [0, 0.1) is 0 Å². The molecule has 0 bridgehead atoms. The summed E-state index contributed by atoms with van der Waals surface area (Å²) in [5.41, 5.74) is 1.13. The van der Waals surface area contributed by atoms with Crippen molar-refractivity contribution in [2.75, 3.05) is 26.2 Å². The SMILES string of the molecule is Clc1ccc(Cc2noc(CN3CCNCC3)n2)cc1. The zero-order chi connectivity index (χ0) is 13.8. The van der Waals surface area contributed by atoms with Crippen molar-refractivity contribution in [3.63, 3.8) is 0 Å². The molecular weight excluding hydrogens is 276 g/mol. The number of aromatic nitrogens is 2. The molecule has 5 nitrogen and oxygen atoms in total. The van der Waals surface area contributed by atoms with Gasteiger partial charge in [-0.2, -0.15) is 4.98 Å². The third-order valence-electron chi connectivity index (χ3n) is 3.35. The van der Waals surface area contributed by atoms with Crippen LogP contribution in [0.5, 0.6) is 0 Å². The summed E-state index contributed by atoms with van der Waals surface area (Å²) >= 11 is 5.87. The maximum atomic E-state index is 5.87. The normalized spacial score (nSPS) is 16.4. The van der Waals surface area contributed by atoms with Crippen LogP contribution in [0.15, 0.2) is 28.8 Å². The van der Waals surface area contributed by atoms with Crippen molar-refractivity contribution < 1.29 is 4.52 Å². The van der Waals surface area contributed by atoms with Gasteiger partial charge in [-0.25, -0.2) is 0 Å². The summed E-state index contributed by atoms with van der Waals surface area (Å²) in [6, 6.07) is 7.71. The number of hydrogen-bond acceptors (Lipinski definition) is 5. The van der Waals surface area contributed by atoms with E-state index in [4.69, 9.17) is 16.1 Å². The van der Waals surface area contributed by atoms with Crippen LogP contribution in [0.25, 0.3) is 0 Å². The molecule has 0 unspecified atom stereocenters. The van der Waals surface area contributed by atoms with Gasteiger partial charge in [-0.15, -0.1) is 0 Å². The average molecular weight is 293 g/mol. The molecule has 1 aromatic heterocycles. The van der Waals surface area contributed by atoms with Crippen LogP contribution in [-0.2, 0) is 13.0 Å². The van der Waals surface area contributed by atoms with Gasteiger partial charge in [0.1, 0.15) is 0 Å². The van der Waals surface area contributed by atoms with Gasteiger partial charge in [0.15, 0.2) is 5.82 Å². The van der Waals surface area contributed by atoms with Crippen molar-refractivity contribution >= 4 is 11.6 Å². The lowest BCUT2D eigenvalue weighted by atomic mass is 10.1. The Hall–Kier alpha value is -1.43. The molecule has 106 valence electrons. The van der Waals surface area contributed by atoms with Crippen molar-refractivity contribution in [2.45, 2.75) is 13.0 Å². The highest BCUT2D eigenvalue weighted by atomic mass is 35.5. The largest absolute Gasteiger partial charge is 0.338 e. The molecule has 1 aromatic carbocycles. The van der Waals surface area contributed by atoms with Crippen molar-refractivity contribution in [3.8, 4) is 0 Å². The lowest BCUT2D eigenvalue weighted by Crippen LogP contribution is -2.42. The van der Waals surface area contributed by atoms with Crippen molar-refractivity contribution in [3.05, 3.63) is 46.6 Å². The molecule has 1 N–H and O–H groups in total. The van der Waals surface area contributed by atoms with Crippen LogP contribution >= 0.6 is 11.6 Å². The van der Waals surface area contributed by atoms with E-state index in [0.717, 1.165) is 49.1 Å². The molecule has 0 spiro atoms. The molecule has 0 aliphatic carbocycles. The molecule has 3 rings (SSSR count). The smallest absolute Gasteiger partial charge is 0.240 e.